The van der Waals surface area contributed by atoms with Crippen LogP contribution in [0.4, 0.5) is 4.39 Å². The fourth-order valence-corrected chi connectivity index (χ4v) is 5.18. The zero-order valence-electron chi connectivity index (χ0n) is 13.1. The number of benzene rings is 3. The van der Waals surface area contributed by atoms with Gasteiger partial charge in [0.25, 0.3) is 0 Å². The third kappa shape index (κ3) is 2.15. The van der Waals surface area contributed by atoms with E-state index in [4.69, 9.17) is 0 Å². The summed E-state index contributed by atoms with van der Waals surface area (Å²) in [7, 11) is -1.73. The highest BCUT2D eigenvalue weighted by Gasteiger charge is 2.74. The van der Waals surface area contributed by atoms with Gasteiger partial charge in [0.05, 0.1) is 16.2 Å². The Kier molecular flexibility index (Phi) is 3.61. The summed E-state index contributed by atoms with van der Waals surface area (Å²) in [6.45, 7) is 0. The third-order valence-corrected chi connectivity index (χ3v) is 6.57. The van der Waals surface area contributed by atoms with Gasteiger partial charge in [0.1, 0.15) is 0 Å². The third-order valence-electron chi connectivity index (χ3n) is 4.79. The lowest BCUT2D eigenvalue weighted by atomic mass is 9.88. The van der Waals surface area contributed by atoms with Crippen LogP contribution in [-0.2, 0) is 16.2 Å². The molecule has 3 aromatic rings. The molecular weight excluding hydrogens is 319 g/mol. The van der Waals surface area contributed by atoms with Crippen LogP contribution in [-0.4, -0.2) is 9.21 Å². The first kappa shape index (κ1) is 15.3. The molecule has 1 nitrogen and oxygen atoms in total. The Hall–Kier alpha value is -2.26. The number of halogens is 1. The highest BCUT2D eigenvalue weighted by molar-refractivity contribution is 7.86. The van der Waals surface area contributed by atoms with Gasteiger partial charge in [-0.1, -0.05) is 78.9 Å². The van der Waals surface area contributed by atoms with E-state index in [1.165, 1.54) is 0 Å². The van der Waals surface area contributed by atoms with Crippen LogP contribution in [0, 0.1) is 0 Å². The molecule has 0 saturated heterocycles. The Balaban J connectivity index is 1.85. The Morgan fingerprint density at radius 3 is 1.58 bits per heavy atom. The molecule has 0 bridgehead atoms. The molecule has 0 heterocycles. The Morgan fingerprint density at radius 1 is 0.708 bits per heavy atom. The van der Waals surface area contributed by atoms with Crippen LogP contribution >= 0.6 is 0 Å². The molecule has 2 atom stereocenters. The van der Waals surface area contributed by atoms with E-state index in [1.807, 2.05) is 66.7 Å². The maximum atomic E-state index is 16.0. The van der Waals surface area contributed by atoms with Gasteiger partial charge in [0, 0.05) is 11.3 Å². The molecule has 4 rings (SSSR count). The van der Waals surface area contributed by atoms with Gasteiger partial charge in [-0.2, -0.15) is 0 Å². The van der Waals surface area contributed by atoms with E-state index in [0.29, 0.717) is 4.90 Å². The van der Waals surface area contributed by atoms with Crippen LogP contribution in [0.5, 0.6) is 0 Å². The standard InChI is InChI=1S/C21H17FOS/c22-21(24(23)19-14-8-3-9-15-19)16-20(21,17-10-4-1-5-11-17)18-12-6-2-7-13-18/h1-15H,16H2. The van der Waals surface area contributed by atoms with E-state index in [0.717, 1.165) is 11.1 Å². The summed E-state index contributed by atoms with van der Waals surface area (Å²) in [6, 6.07) is 28.1. The van der Waals surface area contributed by atoms with Gasteiger partial charge in [-0.05, 0) is 23.3 Å². The fraction of sp³-hybridized carbons (Fsp3) is 0.143. The molecule has 0 N–H and O–H groups in total. The normalized spacial score (nSPS) is 22.7. The highest BCUT2D eigenvalue weighted by atomic mass is 32.2. The van der Waals surface area contributed by atoms with Crippen LogP contribution in [0.2, 0.25) is 0 Å². The monoisotopic (exact) mass is 336 g/mol. The minimum Gasteiger partial charge on any atom is -0.251 e. The highest BCUT2D eigenvalue weighted by Crippen LogP contribution is 2.66. The van der Waals surface area contributed by atoms with Crippen LogP contribution in [0.1, 0.15) is 17.5 Å². The van der Waals surface area contributed by atoms with E-state index in [9.17, 15) is 4.21 Å². The Morgan fingerprint density at radius 2 is 1.12 bits per heavy atom. The maximum absolute atomic E-state index is 16.0. The number of hydrogen-bond donors (Lipinski definition) is 0. The quantitative estimate of drug-likeness (QED) is 0.665. The summed E-state index contributed by atoms with van der Waals surface area (Å²) in [4.78, 5) is 0.536. The molecule has 3 heteroatoms. The molecule has 2 unspecified atom stereocenters. The molecule has 120 valence electrons. The van der Waals surface area contributed by atoms with Gasteiger partial charge in [-0.3, -0.25) is 4.21 Å². The molecule has 0 radical (unpaired) electrons. The smallest absolute Gasteiger partial charge is 0.204 e. The SMILES string of the molecule is O=S(c1ccccc1)C1(F)CC1(c1ccccc1)c1ccccc1. The van der Waals surface area contributed by atoms with Crippen molar-refractivity contribution in [3.63, 3.8) is 0 Å². The van der Waals surface area contributed by atoms with Crippen molar-refractivity contribution in [3.8, 4) is 0 Å². The minimum absolute atomic E-state index is 0.232. The average Bonchev–Trinajstić information content (AvgIpc) is 3.32. The van der Waals surface area contributed by atoms with Gasteiger partial charge >= 0.3 is 0 Å². The van der Waals surface area contributed by atoms with Gasteiger partial charge in [-0.15, -0.1) is 0 Å². The average molecular weight is 336 g/mol. The van der Waals surface area contributed by atoms with Crippen molar-refractivity contribution in [3.05, 3.63) is 102 Å². The lowest BCUT2D eigenvalue weighted by molar-refractivity contribution is 0.387. The predicted octanol–water partition coefficient (Wildman–Crippen LogP) is 4.85. The second-order valence-corrected chi connectivity index (χ2v) is 7.78. The molecule has 1 fully saturated rings. The van der Waals surface area contributed by atoms with E-state index >= 15 is 4.39 Å². The van der Waals surface area contributed by atoms with Gasteiger partial charge in [0.15, 0.2) is 0 Å². The summed E-state index contributed by atoms with van der Waals surface area (Å²) in [5.41, 5.74) is 0.905. The van der Waals surface area contributed by atoms with E-state index in [-0.39, 0.29) is 6.42 Å². The molecular formula is C21H17FOS. The van der Waals surface area contributed by atoms with Crippen molar-refractivity contribution >= 4 is 10.8 Å². The first-order chi connectivity index (χ1) is 11.7. The minimum atomic E-state index is -1.79. The molecule has 1 saturated carbocycles. The van der Waals surface area contributed by atoms with E-state index in [2.05, 4.69) is 0 Å². The first-order valence-electron chi connectivity index (χ1n) is 7.95. The summed E-state index contributed by atoms with van der Waals surface area (Å²) >= 11 is 0. The lowest BCUT2D eigenvalue weighted by Crippen LogP contribution is -2.26. The molecule has 24 heavy (non-hydrogen) atoms. The van der Waals surface area contributed by atoms with Crippen molar-refractivity contribution in [2.75, 3.05) is 0 Å². The second kappa shape index (κ2) is 5.67. The topological polar surface area (TPSA) is 17.1 Å². The number of hydrogen-bond acceptors (Lipinski definition) is 1. The van der Waals surface area contributed by atoms with Crippen LogP contribution in [0.3, 0.4) is 0 Å². The summed E-state index contributed by atoms with van der Waals surface area (Å²) in [6.07, 6.45) is 0.232. The van der Waals surface area contributed by atoms with Gasteiger partial charge < -0.3 is 0 Å². The van der Waals surface area contributed by atoms with Crippen molar-refractivity contribution in [1.82, 2.24) is 0 Å². The Bertz CT molecular complexity index is 825. The molecule has 0 spiro atoms. The van der Waals surface area contributed by atoms with Crippen LogP contribution in [0.15, 0.2) is 95.9 Å². The summed E-state index contributed by atoms with van der Waals surface area (Å²) in [5, 5.41) is -1.79. The maximum Gasteiger partial charge on any atom is 0.204 e. The molecule has 1 aliphatic carbocycles. The zero-order chi connectivity index (χ0) is 16.6. The molecule has 0 aliphatic heterocycles. The van der Waals surface area contributed by atoms with Crippen LogP contribution in [0.25, 0.3) is 0 Å². The van der Waals surface area contributed by atoms with E-state index in [1.54, 1.807) is 24.3 Å². The fourth-order valence-electron chi connectivity index (χ4n) is 3.50. The van der Waals surface area contributed by atoms with E-state index < -0.39 is 21.2 Å². The van der Waals surface area contributed by atoms with Crippen LogP contribution < -0.4 is 0 Å². The van der Waals surface area contributed by atoms with Gasteiger partial charge in [0.2, 0.25) is 5.00 Å². The molecule has 0 amide bonds. The largest absolute Gasteiger partial charge is 0.251 e. The second-order valence-electron chi connectivity index (χ2n) is 6.12. The number of alkyl halides is 1. The molecule has 3 aromatic carbocycles. The number of rotatable bonds is 4. The summed E-state index contributed by atoms with van der Waals surface area (Å²) < 4.78 is 29.0. The van der Waals surface area contributed by atoms with Crippen molar-refractivity contribution in [2.24, 2.45) is 0 Å². The van der Waals surface area contributed by atoms with Gasteiger partial charge in [-0.25, -0.2) is 4.39 Å². The van der Waals surface area contributed by atoms with Crippen molar-refractivity contribution in [2.45, 2.75) is 21.7 Å². The Labute approximate surface area is 143 Å². The predicted molar refractivity (Wildman–Crippen MR) is 95.0 cm³/mol. The van der Waals surface area contributed by atoms with Crippen molar-refractivity contribution in [1.29, 1.82) is 0 Å². The molecule has 1 aliphatic rings. The zero-order valence-corrected chi connectivity index (χ0v) is 13.9. The molecule has 0 aromatic heterocycles. The van der Waals surface area contributed by atoms with Crippen molar-refractivity contribution < 1.29 is 8.60 Å². The first-order valence-corrected chi connectivity index (χ1v) is 9.10. The summed E-state index contributed by atoms with van der Waals surface area (Å²) in [5.74, 6) is 0. The lowest BCUT2D eigenvalue weighted by Gasteiger charge is -2.21.